The minimum absolute atomic E-state index is 0.00347. The molecule has 3 aromatic carbocycles. The van der Waals surface area contributed by atoms with Crippen LogP contribution in [0.1, 0.15) is 55.3 Å². The molecule has 0 atom stereocenters. The Kier molecular flexibility index (Phi) is 7.46. The van der Waals surface area contributed by atoms with E-state index in [9.17, 15) is 14.4 Å². The zero-order chi connectivity index (χ0) is 27.5. The van der Waals surface area contributed by atoms with Gasteiger partial charge in [0.15, 0.2) is 0 Å². The van der Waals surface area contributed by atoms with E-state index < -0.39 is 5.54 Å². The van der Waals surface area contributed by atoms with E-state index >= 15 is 0 Å². The minimum atomic E-state index is -0.759. The summed E-state index contributed by atoms with van der Waals surface area (Å²) in [5.41, 5.74) is 0.879. The van der Waals surface area contributed by atoms with Crippen molar-refractivity contribution in [3.63, 3.8) is 0 Å². The SMILES string of the molecule is O=C(CN1CN(c2ccccc2)C2(CCN(C(=O)c3ccc4ccccc4c3)CC2)C1=O)NCC1CCCCC1. The Morgan fingerprint density at radius 1 is 0.850 bits per heavy atom. The third kappa shape index (κ3) is 5.17. The molecule has 3 aliphatic rings. The fourth-order valence-electron chi connectivity index (χ4n) is 6.79. The van der Waals surface area contributed by atoms with Gasteiger partial charge in [-0.3, -0.25) is 14.4 Å². The predicted molar refractivity (Wildman–Crippen MR) is 157 cm³/mol. The zero-order valence-electron chi connectivity index (χ0n) is 23.1. The molecule has 3 amide bonds. The van der Waals surface area contributed by atoms with Crippen molar-refractivity contribution in [1.82, 2.24) is 15.1 Å². The molecular formula is C33H38N4O3. The van der Waals surface area contributed by atoms with E-state index in [1.54, 1.807) is 4.90 Å². The Hall–Kier alpha value is -3.87. The lowest BCUT2D eigenvalue weighted by molar-refractivity contribution is -0.137. The average molecular weight is 539 g/mol. The van der Waals surface area contributed by atoms with Gasteiger partial charge in [-0.2, -0.15) is 0 Å². The summed E-state index contributed by atoms with van der Waals surface area (Å²) >= 11 is 0. The number of likely N-dealkylation sites (tertiary alicyclic amines) is 1. The normalized spacial score (nSPS) is 19.4. The van der Waals surface area contributed by atoms with Crippen LogP contribution in [0.5, 0.6) is 0 Å². The molecular weight excluding hydrogens is 500 g/mol. The lowest BCUT2D eigenvalue weighted by Gasteiger charge is -2.43. The van der Waals surface area contributed by atoms with Crippen molar-refractivity contribution in [1.29, 1.82) is 0 Å². The number of carbonyl (C=O) groups is 3. The highest BCUT2D eigenvalue weighted by Gasteiger charge is 2.54. The Labute approximate surface area is 236 Å². The van der Waals surface area contributed by atoms with Crippen LogP contribution in [0.3, 0.4) is 0 Å². The van der Waals surface area contributed by atoms with Gasteiger partial charge in [-0.1, -0.05) is 67.8 Å². The molecule has 3 aromatic rings. The summed E-state index contributed by atoms with van der Waals surface area (Å²) in [5.74, 6) is 0.440. The quantitative estimate of drug-likeness (QED) is 0.489. The van der Waals surface area contributed by atoms with Gasteiger partial charge >= 0.3 is 0 Å². The summed E-state index contributed by atoms with van der Waals surface area (Å²) in [5, 5.41) is 5.24. The van der Waals surface area contributed by atoms with Gasteiger partial charge < -0.3 is 20.0 Å². The second kappa shape index (κ2) is 11.3. The number of amides is 3. The van der Waals surface area contributed by atoms with Gasteiger partial charge in [-0.15, -0.1) is 0 Å². The number of piperidine rings is 1. The molecule has 7 heteroatoms. The van der Waals surface area contributed by atoms with Crippen molar-refractivity contribution in [2.75, 3.05) is 37.7 Å². The third-order valence-electron chi connectivity index (χ3n) is 9.10. The van der Waals surface area contributed by atoms with Crippen LogP contribution in [0.2, 0.25) is 0 Å². The van der Waals surface area contributed by atoms with Crippen LogP contribution in [0.4, 0.5) is 5.69 Å². The molecule has 2 heterocycles. The average Bonchev–Trinajstić information content (AvgIpc) is 3.27. The summed E-state index contributed by atoms with van der Waals surface area (Å²) in [7, 11) is 0. The molecule has 0 aromatic heterocycles. The van der Waals surface area contributed by atoms with Crippen LogP contribution in [-0.2, 0) is 9.59 Å². The van der Waals surface area contributed by atoms with Crippen LogP contribution < -0.4 is 10.2 Å². The first-order valence-corrected chi connectivity index (χ1v) is 14.7. The van der Waals surface area contributed by atoms with Crippen LogP contribution in [0.25, 0.3) is 10.8 Å². The van der Waals surface area contributed by atoms with E-state index in [1.807, 2.05) is 77.7 Å². The van der Waals surface area contributed by atoms with Gasteiger partial charge in [-0.05, 0) is 66.6 Å². The maximum atomic E-state index is 14.0. The number of hydrogen-bond acceptors (Lipinski definition) is 4. The fourth-order valence-corrected chi connectivity index (χ4v) is 6.79. The lowest BCUT2D eigenvalue weighted by Crippen LogP contribution is -2.57. The first-order chi connectivity index (χ1) is 19.5. The molecule has 1 aliphatic carbocycles. The zero-order valence-corrected chi connectivity index (χ0v) is 23.1. The lowest BCUT2D eigenvalue weighted by atomic mass is 9.85. The van der Waals surface area contributed by atoms with Crippen molar-refractivity contribution in [2.45, 2.75) is 50.5 Å². The van der Waals surface area contributed by atoms with E-state index in [4.69, 9.17) is 0 Å². The monoisotopic (exact) mass is 538 g/mol. The molecule has 3 fully saturated rings. The highest BCUT2D eigenvalue weighted by Crippen LogP contribution is 2.39. The standard InChI is InChI=1S/C33H38N4O3/c38-30(34-22-25-9-3-1-4-10-25)23-36-24-37(29-13-5-2-6-14-29)33(32(36)40)17-19-35(20-18-33)31(39)28-16-15-26-11-7-8-12-27(26)21-28/h2,5-8,11-16,21,25H,1,3-4,9-10,17-20,22-24H2,(H,34,38). The molecule has 1 spiro atoms. The molecule has 0 unspecified atom stereocenters. The maximum Gasteiger partial charge on any atom is 0.253 e. The van der Waals surface area contributed by atoms with Crippen LogP contribution in [-0.4, -0.2) is 65.9 Å². The smallest absolute Gasteiger partial charge is 0.253 e. The van der Waals surface area contributed by atoms with Crippen molar-refractivity contribution in [2.24, 2.45) is 5.92 Å². The Bertz CT molecular complexity index is 1380. The summed E-state index contributed by atoms with van der Waals surface area (Å²) < 4.78 is 0. The second-order valence-corrected chi connectivity index (χ2v) is 11.6. The predicted octanol–water partition coefficient (Wildman–Crippen LogP) is 4.82. The van der Waals surface area contributed by atoms with E-state index in [0.717, 1.165) is 16.5 Å². The number of benzene rings is 3. The molecule has 6 rings (SSSR count). The molecule has 0 radical (unpaired) electrons. The van der Waals surface area contributed by atoms with Gasteiger partial charge in [0, 0.05) is 30.9 Å². The number of nitrogens with one attached hydrogen (secondary N) is 1. The number of rotatable bonds is 6. The fraction of sp³-hybridized carbons (Fsp3) is 0.424. The summed E-state index contributed by atoms with van der Waals surface area (Å²) in [6.45, 7) is 2.11. The molecule has 2 aliphatic heterocycles. The number of carbonyl (C=O) groups excluding carboxylic acids is 3. The van der Waals surface area contributed by atoms with E-state index in [2.05, 4.69) is 10.2 Å². The van der Waals surface area contributed by atoms with Crippen molar-refractivity contribution >= 4 is 34.2 Å². The molecule has 2 saturated heterocycles. The molecule has 7 nitrogen and oxygen atoms in total. The minimum Gasteiger partial charge on any atom is -0.354 e. The second-order valence-electron chi connectivity index (χ2n) is 11.6. The summed E-state index contributed by atoms with van der Waals surface area (Å²) in [4.78, 5) is 46.1. The molecule has 0 bridgehead atoms. The molecule has 1 saturated carbocycles. The first-order valence-electron chi connectivity index (χ1n) is 14.7. The van der Waals surface area contributed by atoms with E-state index in [0.29, 0.717) is 50.6 Å². The van der Waals surface area contributed by atoms with Gasteiger partial charge in [0.25, 0.3) is 11.8 Å². The topological polar surface area (TPSA) is 73.0 Å². The van der Waals surface area contributed by atoms with Crippen LogP contribution in [0.15, 0.2) is 72.8 Å². The van der Waals surface area contributed by atoms with Gasteiger partial charge in [-0.25, -0.2) is 0 Å². The highest BCUT2D eigenvalue weighted by atomic mass is 16.2. The third-order valence-corrected chi connectivity index (χ3v) is 9.10. The number of anilines is 1. The van der Waals surface area contributed by atoms with Crippen molar-refractivity contribution in [3.8, 4) is 0 Å². The van der Waals surface area contributed by atoms with E-state index in [-0.39, 0.29) is 24.3 Å². The Balaban J connectivity index is 1.16. The van der Waals surface area contributed by atoms with Crippen molar-refractivity contribution in [3.05, 3.63) is 78.4 Å². The van der Waals surface area contributed by atoms with E-state index in [1.165, 1.54) is 32.1 Å². The summed E-state index contributed by atoms with van der Waals surface area (Å²) in [6.07, 6.45) is 7.15. The molecule has 208 valence electrons. The Morgan fingerprint density at radius 3 is 2.30 bits per heavy atom. The first kappa shape index (κ1) is 26.4. The maximum absolute atomic E-state index is 14.0. The largest absolute Gasteiger partial charge is 0.354 e. The highest BCUT2D eigenvalue weighted by molar-refractivity contribution is 6.00. The number of nitrogens with zero attached hydrogens (tertiary/aromatic N) is 3. The number of para-hydroxylation sites is 1. The van der Waals surface area contributed by atoms with Crippen LogP contribution >= 0.6 is 0 Å². The molecule has 40 heavy (non-hydrogen) atoms. The molecule has 1 N–H and O–H groups in total. The summed E-state index contributed by atoms with van der Waals surface area (Å²) in [6, 6.07) is 23.8. The van der Waals surface area contributed by atoms with Crippen LogP contribution in [0, 0.1) is 5.92 Å². The number of fused-ring (bicyclic) bond motifs is 1. The van der Waals surface area contributed by atoms with Gasteiger partial charge in [0.05, 0.1) is 6.67 Å². The van der Waals surface area contributed by atoms with Gasteiger partial charge in [0.1, 0.15) is 12.1 Å². The number of hydrogen-bond donors (Lipinski definition) is 1. The Morgan fingerprint density at radius 2 is 1.55 bits per heavy atom. The van der Waals surface area contributed by atoms with Gasteiger partial charge in [0.2, 0.25) is 5.91 Å². The van der Waals surface area contributed by atoms with Crippen molar-refractivity contribution < 1.29 is 14.4 Å².